The van der Waals surface area contributed by atoms with Crippen molar-refractivity contribution >= 4 is 29.9 Å². The van der Waals surface area contributed by atoms with E-state index in [9.17, 15) is 0 Å². The van der Waals surface area contributed by atoms with E-state index < -0.39 is 0 Å². The number of rotatable bonds is 8. The van der Waals surface area contributed by atoms with E-state index >= 15 is 0 Å². The molecule has 0 unspecified atom stereocenters. The summed E-state index contributed by atoms with van der Waals surface area (Å²) in [5.41, 5.74) is 3.82. The Kier molecular flexibility index (Phi) is 9.83. The van der Waals surface area contributed by atoms with Crippen molar-refractivity contribution in [1.29, 1.82) is 0 Å². The minimum atomic E-state index is 0. The SMILES string of the molecule is CN=C(NCCCn1nc(C)cc1C)NCC(C)(C)Cc1ccccc1.I. The van der Waals surface area contributed by atoms with Crippen molar-refractivity contribution in [2.75, 3.05) is 20.1 Å². The van der Waals surface area contributed by atoms with Crippen LogP contribution in [0.3, 0.4) is 0 Å². The summed E-state index contributed by atoms with van der Waals surface area (Å²) in [5, 5.41) is 11.4. The molecule has 5 nitrogen and oxygen atoms in total. The van der Waals surface area contributed by atoms with Crippen molar-refractivity contribution in [3.05, 3.63) is 53.3 Å². The average molecular weight is 483 g/mol. The second-order valence-electron chi connectivity index (χ2n) is 7.68. The molecule has 0 bridgehead atoms. The maximum atomic E-state index is 4.50. The number of benzene rings is 1. The largest absolute Gasteiger partial charge is 0.356 e. The van der Waals surface area contributed by atoms with Gasteiger partial charge in [0.2, 0.25) is 0 Å². The van der Waals surface area contributed by atoms with Gasteiger partial charge in [0, 0.05) is 32.4 Å². The Balaban J connectivity index is 0.00000364. The highest BCUT2D eigenvalue weighted by Crippen LogP contribution is 2.20. The van der Waals surface area contributed by atoms with Gasteiger partial charge in [-0.1, -0.05) is 44.2 Å². The number of nitrogens with zero attached hydrogens (tertiary/aromatic N) is 3. The first kappa shape index (κ1) is 23.5. The topological polar surface area (TPSA) is 54.2 Å². The zero-order valence-corrected chi connectivity index (χ0v) is 19.6. The fourth-order valence-corrected chi connectivity index (χ4v) is 3.09. The number of aromatic nitrogens is 2. The van der Waals surface area contributed by atoms with E-state index in [1.165, 1.54) is 11.3 Å². The smallest absolute Gasteiger partial charge is 0.190 e. The quantitative estimate of drug-likeness (QED) is 0.259. The summed E-state index contributed by atoms with van der Waals surface area (Å²) >= 11 is 0. The van der Waals surface area contributed by atoms with E-state index in [-0.39, 0.29) is 29.4 Å². The van der Waals surface area contributed by atoms with Crippen LogP contribution in [0, 0.1) is 19.3 Å². The zero-order valence-electron chi connectivity index (χ0n) is 17.2. The molecule has 0 radical (unpaired) electrons. The van der Waals surface area contributed by atoms with Gasteiger partial charge < -0.3 is 10.6 Å². The van der Waals surface area contributed by atoms with Gasteiger partial charge >= 0.3 is 0 Å². The molecule has 0 saturated heterocycles. The van der Waals surface area contributed by atoms with Crippen LogP contribution in [0.25, 0.3) is 0 Å². The third kappa shape index (κ3) is 8.32. The number of aryl methyl sites for hydroxylation is 3. The lowest BCUT2D eigenvalue weighted by Crippen LogP contribution is -2.43. The maximum Gasteiger partial charge on any atom is 0.190 e. The first-order valence-corrected chi connectivity index (χ1v) is 9.39. The molecular formula is C21H34IN5. The van der Waals surface area contributed by atoms with Crippen LogP contribution in [0.15, 0.2) is 41.4 Å². The maximum absolute atomic E-state index is 4.50. The van der Waals surface area contributed by atoms with Crippen LogP contribution in [0.5, 0.6) is 0 Å². The fraction of sp³-hybridized carbons (Fsp3) is 0.524. The van der Waals surface area contributed by atoms with E-state index in [1.54, 1.807) is 0 Å². The summed E-state index contributed by atoms with van der Waals surface area (Å²) in [4.78, 5) is 4.34. The predicted octanol–water partition coefficient (Wildman–Crippen LogP) is 3.94. The lowest BCUT2D eigenvalue weighted by atomic mass is 9.86. The van der Waals surface area contributed by atoms with Crippen molar-refractivity contribution in [3.63, 3.8) is 0 Å². The Hall–Kier alpha value is -1.57. The molecule has 6 heteroatoms. The molecule has 1 heterocycles. The molecule has 0 atom stereocenters. The molecule has 1 aromatic carbocycles. The van der Waals surface area contributed by atoms with E-state index in [0.29, 0.717) is 0 Å². The third-order valence-corrected chi connectivity index (χ3v) is 4.43. The highest BCUT2D eigenvalue weighted by Gasteiger charge is 2.18. The van der Waals surface area contributed by atoms with Gasteiger partial charge in [-0.25, -0.2) is 0 Å². The van der Waals surface area contributed by atoms with Gasteiger partial charge in [-0.15, -0.1) is 24.0 Å². The van der Waals surface area contributed by atoms with Gasteiger partial charge in [0.25, 0.3) is 0 Å². The molecule has 0 amide bonds. The first-order valence-electron chi connectivity index (χ1n) is 9.39. The van der Waals surface area contributed by atoms with Gasteiger partial charge in [-0.3, -0.25) is 9.67 Å². The minimum Gasteiger partial charge on any atom is -0.356 e. The van der Waals surface area contributed by atoms with Crippen LogP contribution in [-0.4, -0.2) is 35.9 Å². The molecule has 27 heavy (non-hydrogen) atoms. The van der Waals surface area contributed by atoms with Crippen molar-refractivity contribution in [2.24, 2.45) is 10.4 Å². The Morgan fingerprint density at radius 2 is 1.85 bits per heavy atom. The molecule has 0 aliphatic carbocycles. The molecule has 2 rings (SSSR count). The van der Waals surface area contributed by atoms with Gasteiger partial charge in [-0.2, -0.15) is 5.10 Å². The first-order chi connectivity index (χ1) is 12.4. The van der Waals surface area contributed by atoms with Crippen molar-refractivity contribution in [3.8, 4) is 0 Å². The molecular weight excluding hydrogens is 449 g/mol. The fourth-order valence-electron chi connectivity index (χ4n) is 3.09. The van der Waals surface area contributed by atoms with Crippen LogP contribution in [0.2, 0.25) is 0 Å². The van der Waals surface area contributed by atoms with Crippen molar-refractivity contribution in [1.82, 2.24) is 20.4 Å². The second-order valence-corrected chi connectivity index (χ2v) is 7.68. The normalized spacial score (nSPS) is 11.8. The zero-order chi connectivity index (χ0) is 19.0. The van der Waals surface area contributed by atoms with Gasteiger partial charge in [-0.05, 0) is 43.7 Å². The molecule has 2 aromatic rings. The average Bonchev–Trinajstić information content (AvgIpc) is 2.92. The van der Waals surface area contributed by atoms with Crippen molar-refractivity contribution < 1.29 is 0 Å². The molecule has 0 spiro atoms. The minimum absolute atomic E-state index is 0. The summed E-state index contributed by atoms with van der Waals surface area (Å²) in [7, 11) is 1.82. The summed E-state index contributed by atoms with van der Waals surface area (Å²) in [5.74, 6) is 0.861. The molecule has 2 N–H and O–H groups in total. The van der Waals surface area contributed by atoms with Gasteiger partial charge in [0.1, 0.15) is 0 Å². The number of halogens is 1. The summed E-state index contributed by atoms with van der Waals surface area (Å²) < 4.78 is 2.07. The van der Waals surface area contributed by atoms with Crippen molar-refractivity contribution in [2.45, 2.75) is 47.1 Å². The third-order valence-electron chi connectivity index (χ3n) is 4.43. The van der Waals surface area contributed by atoms with Crippen LogP contribution < -0.4 is 10.6 Å². The van der Waals surface area contributed by atoms with Gasteiger partial charge in [0.15, 0.2) is 5.96 Å². The number of aliphatic imine (C=N–C) groups is 1. The number of nitrogens with one attached hydrogen (secondary N) is 2. The van der Waals surface area contributed by atoms with E-state index in [0.717, 1.165) is 44.1 Å². The van der Waals surface area contributed by atoms with Crippen LogP contribution >= 0.6 is 24.0 Å². The van der Waals surface area contributed by atoms with E-state index in [2.05, 4.69) is 82.6 Å². The second kappa shape index (κ2) is 11.3. The Bertz CT molecular complexity index is 707. The number of guanidine groups is 1. The molecule has 150 valence electrons. The van der Waals surface area contributed by atoms with E-state index in [1.807, 2.05) is 14.0 Å². The molecule has 0 aliphatic rings. The Labute approximate surface area is 181 Å². The Morgan fingerprint density at radius 1 is 1.15 bits per heavy atom. The van der Waals surface area contributed by atoms with Crippen LogP contribution in [0.1, 0.15) is 37.2 Å². The molecule has 0 saturated carbocycles. The lowest BCUT2D eigenvalue weighted by Gasteiger charge is -2.26. The number of hydrogen-bond donors (Lipinski definition) is 2. The van der Waals surface area contributed by atoms with E-state index in [4.69, 9.17) is 0 Å². The number of hydrogen-bond acceptors (Lipinski definition) is 2. The highest BCUT2D eigenvalue weighted by atomic mass is 127. The lowest BCUT2D eigenvalue weighted by molar-refractivity contribution is 0.359. The standard InChI is InChI=1S/C21H33N5.HI/c1-17-14-18(2)26(25-17)13-9-12-23-20(22-5)24-16-21(3,4)15-19-10-7-6-8-11-19;/h6-8,10-11,14H,9,12-13,15-16H2,1-5H3,(H2,22,23,24);1H. The summed E-state index contributed by atoms with van der Waals surface area (Å²) in [6, 6.07) is 12.8. The van der Waals surface area contributed by atoms with Crippen LogP contribution in [-0.2, 0) is 13.0 Å². The summed E-state index contributed by atoms with van der Waals surface area (Å²) in [6.07, 6.45) is 2.05. The highest BCUT2D eigenvalue weighted by molar-refractivity contribution is 14.0. The summed E-state index contributed by atoms with van der Waals surface area (Å²) in [6.45, 7) is 11.4. The predicted molar refractivity (Wildman–Crippen MR) is 125 cm³/mol. The molecule has 0 aliphatic heterocycles. The molecule has 1 aromatic heterocycles. The van der Waals surface area contributed by atoms with Crippen LogP contribution in [0.4, 0.5) is 0 Å². The van der Waals surface area contributed by atoms with Gasteiger partial charge in [0.05, 0.1) is 5.69 Å². The monoisotopic (exact) mass is 483 g/mol. The Morgan fingerprint density at radius 3 is 2.44 bits per heavy atom. The molecule has 0 fully saturated rings.